The van der Waals surface area contributed by atoms with Gasteiger partial charge < -0.3 is 4.57 Å². The van der Waals surface area contributed by atoms with Crippen molar-refractivity contribution in [2.75, 3.05) is 0 Å². The first kappa shape index (κ1) is 9.71. The molecule has 0 amide bonds. The number of fused-ring (bicyclic) bond motifs is 1. The van der Waals surface area contributed by atoms with Crippen LogP contribution in [-0.4, -0.2) is 4.57 Å². The maximum Gasteiger partial charge on any atom is 0.0262 e. The van der Waals surface area contributed by atoms with Crippen molar-refractivity contribution in [1.29, 1.82) is 0 Å². The van der Waals surface area contributed by atoms with E-state index in [1.807, 2.05) is 0 Å². The summed E-state index contributed by atoms with van der Waals surface area (Å²) < 4.78 is 2.44. The molecule has 0 bridgehead atoms. The molecule has 1 nitrogen and oxygen atoms in total. The molecule has 1 heteroatoms. The summed E-state index contributed by atoms with van der Waals surface area (Å²) in [5, 5.41) is 0. The van der Waals surface area contributed by atoms with Gasteiger partial charge in [0, 0.05) is 18.4 Å². The van der Waals surface area contributed by atoms with E-state index in [-0.39, 0.29) is 0 Å². The SMILES string of the molecule is c1ccc(CCn2ccc3c2CCC3)cc1. The molecule has 0 fully saturated rings. The Labute approximate surface area is 96.7 Å². The summed E-state index contributed by atoms with van der Waals surface area (Å²) in [7, 11) is 0. The molecule has 0 saturated heterocycles. The number of aromatic nitrogens is 1. The summed E-state index contributed by atoms with van der Waals surface area (Å²) in [5.74, 6) is 0. The highest BCUT2D eigenvalue weighted by molar-refractivity contribution is 5.27. The minimum absolute atomic E-state index is 1.12. The lowest BCUT2D eigenvalue weighted by molar-refractivity contribution is 0.665. The van der Waals surface area contributed by atoms with Crippen LogP contribution in [0.3, 0.4) is 0 Å². The van der Waals surface area contributed by atoms with E-state index in [2.05, 4.69) is 47.2 Å². The predicted molar refractivity (Wildman–Crippen MR) is 66.6 cm³/mol. The number of hydrogen-bond acceptors (Lipinski definition) is 0. The number of nitrogens with zero attached hydrogens (tertiary/aromatic N) is 1. The van der Waals surface area contributed by atoms with Gasteiger partial charge in [0.15, 0.2) is 0 Å². The first-order valence-electron chi connectivity index (χ1n) is 6.14. The van der Waals surface area contributed by atoms with Crippen molar-refractivity contribution in [3.05, 3.63) is 59.4 Å². The quantitative estimate of drug-likeness (QED) is 0.734. The molecule has 0 saturated carbocycles. The predicted octanol–water partition coefficient (Wildman–Crippen LogP) is 3.22. The molecule has 0 N–H and O–H groups in total. The third kappa shape index (κ3) is 1.78. The summed E-state index contributed by atoms with van der Waals surface area (Å²) in [4.78, 5) is 0. The van der Waals surface area contributed by atoms with E-state index in [0.717, 1.165) is 13.0 Å². The van der Waals surface area contributed by atoms with Crippen LogP contribution in [0.25, 0.3) is 0 Å². The Bertz CT molecular complexity index is 467. The van der Waals surface area contributed by atoms with Crippen LogP contribution in [0.4, 0.5) is 0 Å². The molecule has 0 unspecified atom stereocenters. The van der Waals surface area contributed by atoms with Gasteiger partial charge in [0.05, 0.1) is 0 Å². The van der Waals surface area contributed by atoms with Gasteiger partial charge >= 0.3 is 0 Å². The molecule has 0 atom stereocenters. The summed E-state index contributed by atoms with van der Waals surface area (Å²) >= 11 is 0. The molecular formula is C15H17N. The van der Waals surface area contributed by atoms with Crippen molar-refractivity contribution in [1.82, 2.24) is 4.57 Å². The van der Waals surface area contributed by atoms with Crippen molar-refractivity contribution in [3.8, 4) is 0 Å². The van der Waals surface area contributed by atoms with Gasteiger partial charge in [-0.3, -0.25) is 0 Å². The molecule has 1 aliphatic rings. The molecule has 0 spiro atoms. The third-order valence-corrected chi connectivity index (χ3v) is 3.52. The second-order valence-corrected chi connectivity index (χ2v) is 4.57. The fourth-order valence-electron chi connectivity index (χ4n) is 2.63. The van der Waals surface area contributed by atoms with E-state index in [0.29, 0.717) is 0 Å². The largest absolute Gasteiger partial charge is 0.351 e. The number of aryl methyl sites for hydroxylation is 3. The van der Waals surface area contributed by atoms with Crippen LogP contribution in [0.1, 0.15) is 23.2 Å². The Morgan fingerprint density at radius 1 is 1.00 bits per heavy atom. The minimum atomic E-state index is 1.12. The molecule has 3 rings (SSSR count). The third-order valence-electron chi connectivity index (χ3n) is 3.52. The fourth-order valence-corrected chi connectivity index (χ4v) is 2.63. The van der Waals surface area contributed by atoms with Crippen molar-refractivity contribution < 1.29 is 0 Å². The lowest BCUT2D eigenvalue weighted by Gasteiger charge is -2.07. The van der Waals surface area contributed by atoms with Gasteiger partial charge in [0.25, 0.3) is 0 Å². The highest BCUT2D eigenvalue weighted by atomic mass is 15.0. The van der Waals surface area contributed by atoms with Crippen LogP contribution >= 0.6 is 0 Å². The van der Waals surface area contributed by atoms with Gasteiger partial charge in [-0.05, 0) is 42.9 Å². The molecule has 1 aromatic carbocycles. The van der Waals surface area contributed by atoms with E-state index >= 15 is 0 Å². The Morgan fingerprint density at radius 2 is 1.88 bits per heavy atom. The second-order valence-electron chi connectivity index (χ2n) is 4.57. The molecule has 1 aliphatic carbocycles. The molecule has 0 aliphatic heterocycles. The first-order valence-corrected chi connectivity index (χ1v) is 6.14. The van der Waals surface area contributed by atoms with Gasteiger partial charge in [-0.1, -0.05) is 30.3 Å². The monoisotopic (exact) mass is 211 g/mol. The van der Waals surface area contributed by atoms with Gasteiger partial charge in [0.2, 0.25) is 0 Å². The molecule has 82 valence electrons. The Hall–Kier alpha value is -1.50. The van der Waals surface area contributed by atoms with Crippen molar-refractivity contribution in [2.45, 2.75) is 32.2 Å². The smallest absolute Gasteiger partial charge is 0.0262 e. The Balaban J connectivity index is 1.71. The zero-order valence-electron chi connectivity index (χ0n) is 9.52. The fraction of sp³-hybridized carbons (Fsp3) is 0.333. The van der Waals surface area contributed by atoms with Gasteiger partial charge in [-0.15, -0.1) is 0 Å². The maximum atomic E-state index is 2.44. The normalized spacial score (nSPS) is 14.0. The molecule has 2 aromatic rings. The lowest BCUT2D eigenvalue weighted by Crippen LogP contribution is -2.03. The summed E-state index contributed by atoms with van der Waals surface area (Å²) in [6.45, 7) is 1.12. The van der Waals surface area contributed by atoms with Gasteiger partial charge in [-0.25, -0.2) is 0 Å². The summed E-state index contributed by atoms with van der Waals surface area (Å²) in [6, 6.07) is 13.0. The molecular weight excluding hydrogens is 194 g/mol. The Morgan fingerprint density at radius 3 is 2.75 bits per heavy atom. The van der Waals surface area contributed by atoms with Crippen LogP contribution in [0.15, 0.2) is 42.6 Å². The zero-order valence-corrected chi connectivity index (χ0v) is 9.52. The Kier molecular flexibility index (Phi) is 2.53. The highest BCUT2D eigenvalue weighted by Gasteiger charge is 2.14. The number of hydrogen-bond donors (Lipinski definition) is 0. The average molecular weight is 211 g/mol. The van der Waals surface area contributed by atoms with Gasteiger partial charge in [-0.2, -0.15) is 0 Å². The van der Waals surface area contributed by atoms with E-state index in [4.69, 9.17) is 0 Å². The van der Waals surface area contributed by atoms with Crippen molar-refractivity contribution >= 4 is 0 Å². The summed E-state index contributed by atoms with van der Waals surface area (Å²) in [5.41, 5.74) is 4.59. The maximum absolute atomic E-state index is 2.44. The van der Waals surface area contributed by atoms with Crippen LogP contribution in [0, 0.1) is 0 Å². The van der Waals surface area contributed by atoms with Crippen LogP contribution in [-0.2, 0) is 25.8 Å². The molecule has 1 aromatic heterocycles. The van der Waals surface area contributed by atoms with Crippen LogP contribution < -0.4 is 0 Å². The van der Waals surface area contributed by atoms with Crippen molar-refractivity contribution in [3.63, 3.8) is 0 Å². The van der Waals surface area contributed by atoms with Gasteiger partial charge in [0.1, 0.15) is 0 Å². The number of rotatable bonds is 3. The molecule has 0 radical (unpaired) electrons. The highest BCUT2D eigenvalue weighted by Crippen LogP contribution is 2.23. The average Bonchev–Trinajstić information content (AvgIpc) is 2.90. The number of benzene rings is 1. The first-order chi connectivity index (χ1) is 7.93. The van der Waals surface area contributed by atoms with E-state index in [1.54, 1.807) is 11.3 Å². The second kappa shape index (κ2) is 4.17. The van der Waals surface area contributed by atoms with E-state index < -0.39 is 0 Å². The minimum Gasteiger partial charge on any atom is -0.351 e. The van der Waals surface area contributed by atoms with E-state index in [9.17, 15) is 0 Å². The van der Waals surface area contributed by atoms with E-state index in [1.165, 1.54) is 24.8 Å². The molecule has 16 heavy (non-hydrogen) atoms. The van der Waals surface area contributed by atoms with Crippen LogP contribution in [0.5, 0.6) is 0 Å². The topological polar surface area (TPSA) is 4.93 Å². The molecule has 1 heterocycles. The summed E-state index contributed by atoms with van der Waals surface area (Å²) in [6.07, 6.45) is 7.30. The zero-order chi connectivity index (χ0) is 10.8. The van der Waals surface area contributed by atoms with Crippen LogP contribution in [0.2, 0.25) is 0 Å². The standard InChI is InChI=1S/C15H17N/c1-2-5-13(6-3-1)9-11-16-12-10-14-7-4-8-15(14)16/h1-3,5-6,10,12H,4,7-9,11H2. The van der Waals surface area contributed by atoms with Crippen molar-refractivity contribution in [2.24, 2.45) is 0 Å². The lowest BCUT2D eigenvalue weighted by atomic mass is 10.1.